The molecule has 88 valence electrons. The molecule has 1 amide bonds. The van der Waals surface area contributed by atoms with E-state index in [-0.39, 0.29) is 18.0 Å². The van der Waals surface area contributed by atoms with Crippen LogP contribution in [-0.4, -0.2) is 11.9 Å². The molecule has 4 heteroatoms. The first-order chi connectivity index (χ1) is 7.49. The maximum absolute atomic E-state index is 11.5. The molecule has 0 radical (unpaired) electrons. The molecule has 1 aromatic carbocycles. The molecule has 0 aliphatic heterocycles. The molecule has 0 aliphatic rings. The molecule has 0 fully saturated rings. The van der Waals surface area contributed by atoms with Crippen molar-refractivity contribution in [3.8, 4) is 0 Å². The molecule has 1 rings (SSSR count). The van der Waals surface area contributed by atoms with Gasteiger partial charge in [0.05, 0.1) is 0 Å². The Hall–Kier alpha value is -1.06. The minimum atomic E-state index is -0.281. The van der Waals surface area contributed by atoms with Crippen molar-refractivity contribution in [3.63, 3.8) is 0 Å². The van der Waals surface area contributed by atoms with Gasteiger partial charge in [0.15, 0.2) is 0 Å². The molecular formula is C12H17ClN2O. The lowest BCUT2D eigenvalue weighted by Gasteiger charge is -2.13. The van der Waals surface area contributed by atoms with Gasteiger partial charge < -0.3 is 11.1 Å². The lowest BCUT2D eigenvalue weighted by Crippen LogP contribution is -2.32. The van der Waals surface area contributed by atoms with E-state index in [0.717, 1.165) is 5.56 Å². The Labute approximate surface area is 101 Å². The molecule has 0 saturated carbocycles. The van der Waals surface area contributed by atoms with E-state index < -0.39 is 0 Å². The van der Waals surface area contributed by atoms with Gasteiger partial charge in [-0.1, -0.05) is 23.7 Å². The van der Waals surface area contributed by atoms with Crippen LogP contribution >= 0.6 is 11.6 Å². The summed E-state index contributed by atoms with van der Waals surface area (Å²) in [6.07, 6.45) is 0.291. The zero-order valence-corrected chi connectivity index (χ0v) is 10.3. The zero-order chi connectivity index (χ0) is 12.1. The van der Waals surface area contributed by atoms with Gasteiger partial charge in [-0.3, -0.25) is 4.79 Å². The number of hydrogen-bond donors (Lipinski definition) is 2. The van der Waals surface area contributed by atoms with E-state index >= 15 is 0 Å². The largest absolute Gasteiger partial charge is 0.354 e. The van der Waals surface area contributed by atoms with Crippen molar-refractivity contribution in [2.24, 2.45) is 5.73 Å². The van der Waals surface area contributed by atoms with Crippen molar-refractivity contribution in [1.29, 1.82) is 0 Å². The first-order valence-corrected chi connectivity index (χ1v) is 5.67. The van der Waals surface area contributed by atoms with Crippen molar-refractivity contribution in [1.82, 2.24) is 5.32 Å². The van der Waals surface area contributed by atoms with Crippen LogP contribution in [0.15, 0.2) is 24.3 Å². The van der Waals surface area contributed by atoms with E-state index in [1.807, 2.05) is 26.0 Å². The summed E-state index contributed by atoms with van der Waals surface area (Å²) >= 11 is 5.77. The Morgan fingerprint density at radius 1 is 1.38 bits per heavy atom. The van der Waals surface area contributed by atoms with Gasteiger partial charge in [-0.25, -0.2) is 0 Å². The highest BCUT2D eigenvalue weighted by Gasteiger charge is 2.11. The number of nitrogens with one attached hydrogen (secondary N) is 1. The third-order valence-electron chi connectivity index (χ3n) is 2.15. The summed E-state index contributed by atoms with van der Waals surface area (Å²) in [5.74, 6) is -0.0301. The third-order valence-corrected chi connectivity index (χ3v) is 2.41. The fourth-order valence-electron chi connectivity index (χ4n) is 1.41. The van der Waals surface area contributed by atoms with Gasteiger partial charge in [-0.15, -0.1) is 0 Å². The molecule has 0 bridgehead atoms. The number of amides is 1. The predicted molar refractivity (Wildman–Crippen MR) is 66.3 cm³/mol. The lowest BCUT2D eigenvalue weighted by molar-refractivity contribution is -0.121. The summed E-state index contributed by atoms with van der Waals surface area (Å²) in [5.41, 5.74) is 6.84. The first-order valence-electron chi connectivity index (χ1n) is 5.29. The number of carbonyl (C=O) groups excluding carboxylic acids is 1. The number of halogens is 1. The Kier molecular flexibility index (Phi) is 4.77. The van der Waals surface area contributed by atoms with Crippen LogP contribution < -0.4 is 11.1 Å². The summed E-state index contributed by atoms with van der Waals surface area (Å²) < 4.78 is 0. The SMILES string of the molecule is CC(C)NC(=O)CC(N)c1ccc(Cl)cc1. The second-order valence-electron chi connectivity index (χ2n) is 4.08. The van der Waals surface area contributed by atoms with Crippen LogP contribution in [0, 0.1) is 0 Å². The highest BCUT2D eigenvalue weighted by molar-refractivity contribution is 6.30. The Morgan fingerprint density at radius 2 is 1.94 bits per heavy atom. The molecule has 0 spiro atoms. The summed E-state index contributed by atoms with van der Waals surface area (Å²) in [6, 6.07) is 7.10. The number of benzene rings is 1. The fraction of sp³-hybridized carbons (Fsp3) is 0.417. The third kappa shape index (κ3) is 4.21. The lowest BCUT2D eigenvalue weighted by atomic mass is 10.0. The molecule has 0 heterocycles. The maximum Gasteiger partial charge on any atom is 0.222 e. The number of rotatable bonds is 4. The van der Waals surface area contributed by atoms with E-state index in [4.69, 9.17) is 17.3 Å². The van der Waals surface area contributed by atoms with Crippen molar-refractivity contribution < 1.29 is 4.79 Å². The summed E-state index contributed by atoms with van der Waals surface area (Å²) in [4.78, 5) is 11.5. The minimum Gasteiger partial charge on any atom is -0.354 e. The average Bonchev–Trinajstić information content (AvgIpc) is 2.16. The molecule has 0 saturated heterocycles. The Balaban J connectivity index is 2.55. The summed E-state index contributed by atoms with van der Waals surface area (Å²) in [5, 5.41) is 3.48. The summed E-state index contributed by atoms with van der Waals surface area (Å²) in [6.45, 7) is 3.84. The van der Waals surface area contributed by atoms with E-state index in [2.05, 4.69) is 5.32 Å². The molecule has 3 nitrogen and oxygen atoms in total. The molecule has 0 aromatic heterocycles. The number of carbonyl (C=O) groups is 1. The second kappa shape index (κ2) is 5.87. The normalized spacial score (nSPS) is 12.6. The van der Waals surface area contributed by atoms with Crippen LogP contribution in [0.2, 0.25) is 5.02 Å². The van der Waals surface area contributed by atoms with Gasteiger partial charge in [-0.2, -0.15) is 0 Å². The number of hydrogen-bond acceptors (Lipinski definition) is 2. The van der Waals surface area contributed by atoms with Crippen molar-refractivity contribution in [3.05, 3.63) is 34.9 Å². The standard InChI is InChI=1S/C12H17ClN2O/c1-8(2)15-12(16)7-11(14)9-3-5-10(13)6-4-9/h3-6,8,11H,7,14H2,1-2H3,(H,15,16). The highest BCUT2D eigenvalue weighted by atomic mass is 35.5. The molecule has 1 atom stereocenters. The quantitative estimate of drug-likeness (QED) is 0.848. The van der Waals surface area contributed by atoms with Crippen LogP contribution in [0.25, 0.3) is 0 Å². The van der Waals surface area contributed by atoms with Crippen LogP contribution in [0.4, 0.5) is 0 Å². The zero-order valence-electron chi connectivity index (χ0n) is 9.53. The summed E-state index contributed by atoms with van der Waals surface area (Å²) in [7, 11) is 0. The van der Waals surface area contributed by atoms with Gasteiger partial charge in [0.2, 0.25) is 5.91 Å². The van der Waals surface area contributed by atoms with E-state index in [9.17, 15) is 4.79 Å². The second-order valence-corrected chi connectivity index (χ2v) is 4.52. The molecule has 1 aromatic rings. The van der Waals surface area contributed by atoms with Gasteiger partial charge >= 0.3 is 0 Å². The van der Waals surface area contributed by atoms with E-state index in [0.29, 0.717) is 11.4 Å². The Morgan fingerprint density at radius 3 is 2.44 bits per heavy atom. The van der Waals surface area contributed by atoms with Crippen LogP contribution in [0.3, 0.4) is 0 Å². The van der Waals surface area contributed by atoms with Crippen molar-refractivity contribution in [2.75, 3.05) is 0 Å². The Bertz CT molecular complexity index is 349. The fourth-order valence-corrected chi connectivity index (χ4v) is 1.53. The predicted octanol–water partition coefficient (Wildman–Crippen LogP) is 2.25. The van der Waals surface area contributed by atoms with Gasteiger partial charge in [0, 0.05) is 23.5 Å². The molecule has 16 heavy (non-hydrogen) atoms. The first kappa shape index (κ1) is 13.0. The molecule has 3 N–H and O–H groups in total. The smallest absolute Gasteiger partial charge is 0.222 e. The van der Waals surface area contributed by atoms with Gasteiger partial charge in [-0.05, 0) is 31.5 Å². The van der Waals surface area contributed by atoms with E-state index in [1.165, 1.54) is 0 Å². The number of nitrogens with two attached hydrogens (primary N) is 1. The van der Waals surface area contributed by atoms with Gasteiger partial charge in [0.1, 0.15) is 0 Å². The van der Waals surface area contributed by atoms with Crippen molar-refractivity contribution in [2.45, 2.75) is 32.4 Å². The minimum absolute atomic E-state index is 0.0301. The van der Waals surface area contributed by atoms with Crippen LogP contribution in [0.5, 0.6) is 0 Å². The molecular weight excluding hydrogens is 224 g/mol. The highest BCUT2D eigenvalue weighted by Crippen LogP contribution is 2.17. The van der Waals surface area contributed by atoms with Crippen LogP contribution in [-0.2, 0) is 4.79 Å². The van der Waals surface area contributed by atoms with Crippen LogP contribution in [0.1, 0.15) is 31.9 Å². The maximum atomic E-state index is 11.5. The monoisotopic (exact) mass is 240 g/mol. The molecule has 0 aliphatic carbocycles. The van der Waals surface area contributed by atoms with Gasteiger partial charge in [0.25, 0.3) is 0 Å². The van der Waals surface area contributed by atoms with E-state index in [1.54, 1.807) is 12.1 Å². The average molecular weight is 241 g/mol. The topological polar surface area (TPSA) is 55.1 Å². The molecule has 1 unspecified atom stereocenters. The van der Waals surface area contributed by atoms with Crippen molar-refractivity contribution >= 4 is 17.5 Å².